The maximum Gasteiger partial charge on any atom is 0.328 e. The van der Waals surface area contributed by atoms with Gasteiger partial charge in [0, 0.05) is 45.0 Å². The largest absolute Gasteiger partial charge is 0.381 e. The van der Waals surface area contributed by atoms with Crippen LogP contribution in [0.3, 0.4) is 0 Å². The molecule has 2 N–H and O–H groups in total. The molecule has 4 heterocycles. The minimum absolute atomic E-state index is 0.0995. The van der Waals surface area contributed by atoms with Crippen LogP contribution < -0.4 is 4.89 Å². The quantitative estimate of drug-likeness (QED) is 0.0331. The molecule has 318 valence electrons. The van der Waals surface area contributed by atoms with E-state index in [0.717, 1.165) is 82.2 Å². The smallest absolute Gasteiger partial charge is 0.328 e. The first-order valence-corrected chi connectivity index (χ1v) is 20.2. The van der Waals surface area contributed by atoms with Crippen LogP contribution in [0.25, 0.3) is 0 Å². The van der Waals surface area contributed by atoms with Crippen LogP contribution in [0.4, 0.5) is 0 Å². The van der Waals surface area contributed by atoms with Crippen molar-refractivity contribution in [3.63, 3.8) is 0 Å². The second-order valence-corrected chi connectivity index (χ2v) is 14.4. The SMILES string of the molecule is CC(OCC1CCN(C)CC1)N1C(=O)C=CC1=O.CCOC(CCOCC1CCN(C)CC1)OCC.CN1CCC(COCCC(=O)ONS)CC1.N=C=O. The summed E-state index contributed by atoms with van der Waals surface area (Å²) in [6.07, 6.45) is 11.0. The number of amides is 2. The molecule has 16 nitrogen and oxygen atoms in total. The van der Waals surface area contributed by atoms with E-state index in [1.54, 1.807) is 6.92 Å². The third-order valence-corrected chi connectivity index (χ3v) is 9.91. The van der Waals surface area contributed by atoms with Crippen LogP contribution in [0.15, 0.2) is 12.2 Å². The highest BCUT2D eigenvalue weighted by molar-refractivity contribution is 7.77. The van der Waals surface area contributed by atoms with Crippen molar-refractivity contribution < 1.29 is 47.7 Å². The molecule has 0 aromatic heterocycles. The van der Waals surface area contributed by atoms with E-state index in [4.69, 9.17) is 33.9 Å². The van der Waals surface area contributed by atoms with E-state index in [1.165, 1.54) is 50.9 Å². The lowest BCUT2D eigenvalue weighted by atomic mass is 9.98. The summed E-state index contributed by atoms with van der Waals surface area (Å²) in [4.78, 5) is 56.8. The lowest BCUT2D eigenvalue weighted by Crippen LogP contribution is -2.41. The van der Waals surface area contributed by atoms with Crippen LogP contribution in [0, 0.1) is 23.2 Å². The van der Waals surface area contributed by atoms with Gasteiger partial charge in [0.15, 0.2) is 6.29 Å². The maximum atomic E-state index is 11.5. The third kappa shape index (κ3) is 24.2. The van der Waals surface area contributed by atoms with Gasteiger partial charge in [-0.3, -0.25) is 14.4 Å². The van der Waals surface area contributed by atoms with Crippen LogP contribution in [0.2, 0.25) is 0 Å². The molecule has 0 aromatic carbocycles. The highest BCUT2D eigenvalue weighted by Crippen LogP contribution is 2.19. The van der Waals surface area contributed by atoms with Gasteiger partial charge in [0.1, 0.15) is 6.23 Å². The molecular weight excluding hydrogens is 733 g/mol. The minimum atomic E-state index is -0.473. The van der Waals surface area contributed by atoms with E-state index in [2.05, 4.69) is 53.5 Å². The van der Waals surface area contributed by atoms with Crippen LogP contribution in [0.1, 0.15) is 72.1 Å². The summed E-state index contributed by atoms with van der Waals surface area (Å²) in [6, 6.07) is 0. The highest BCUT2D eigenvalue weighted by atomic mass is 32.1. The molecule has 0 bridgehead atoms. The summed E-state index contributed by atoms with van der Waals surface area (Å²) < 4.78 is 27.8. The predicted octanol–water partition coefficient (Wildman–Crippen LogP) is 3.28. The van der Waals surface area contributed by atoms with E-state index >= 15 is 0 Å². The number of imide groups is 1. The average Bonchev–Trinajstić information content (AvgIpc) is 3.51. The Balaban J connectivity index is 0.000000398. The lowest BCUT2D eigenvalue weighted by molar-refractivity contribution is -0.152. The number of hydrogen-bond acceptors (Lipinski definition) is 16. The Morgan fingerprint density at radius 1 is 0.782 bits per heavy atom. The second-order valence-electron chi connectivity index (χ2n) is 14.2. The zero-order valence-electron chi connectivity index (χ0n) is 34.2. The molecule has 17 heteroatoms. The summed E-state index contributed by atoms with van der Waals surface area (Å²) in [7, 11) is 6.44. The fraction of sp³-hybridized carbons (Fsp3) is 0.842. The van der Waals surface area contributed by atoms with Crippen molar-refractivity contribution in [3.05, 3.63) is 12.2 Å². The first-order valence-electron chi connectivity index (χ1n) is 19.7. The molecule has 3 saturated heterocycles. The van der Waals surface area contributed by atoms with Crippen molar-refractivity contribution in [1.82, 2.24) is 24.5 Å². The van der Waals surface area contributed by atoms with Crippen LogP contribution in [-0.4, -0.2) is 163 Å². The van der Waals surface area contributed by atoms with Gasteiger partial charge in [-0.15, -0.1) is 0 Å². The molecule has 0 radical (unpaired) electrons. The minimum Gasteiger partial charge on any atom is -0.381 e. The fourth-order valence-corrected chi connectivity index (χ4v) is 6.43. The zero-order valence-corrected chi connectivity index (χ0v) is 35.1. The van der Waals surface area contributed by atoms with Crippen molar-refractivity contribution in [1.29, 1.82) is 5.41 Å². The van der Waals surface area contributed by atoms with E-state index < -0.39 is 6.23 Å². The number of isocyanates is 1. The zero-order chi connectivity index (χ0) is 40.8. The van der Waals surface area contributed by atoms with Gasteiger partial charge in [0.25, 0.3) is 11.8 Å². The van der Waals surface area contributed by atoms with E-state index in [0.29, 0.717) is 38.3 Å². The molecule has 4 aliphatic rings. The van der Waals surface area contributed by atoms with Gasteiger partial charge in [-0.05, 0) is 137 Å². The monoisotopic (exact) mass is 802 g/mol. The van der Waals surface area contributed by atoms with Crippen molar-refractivity contribution in [2.24, 2.45) is 17.8 Å². The Bertz CT molecular complexity index is 1070. The molecule has 0 spiro atoms. The standard InChI is InChI=1S/C14H29NO3.C13H20N2O3.C10H20N2O3S.CHNO/c1-4-17-14(18-5-2)8-11-16-12-13-6-9-15(3)10-7-13;1-10(15-12(16)3-4-13(15)17)18-9-11-5-7-14(2)8-6-11;1-12-5-2-9(3-6-12)8-14-7-4-10(13)15-11-16;2-1-3/h13-14H,4-12H2,1-3H3;3-4,10-11H,5-9H2,1-2H3;9,11,16H,2-8H2,1H3;2H. The van der Waals surface area contributed by atoms with Gasteiger partial charge in [0.05, 0.1) is 26.2 Å². The number of likely N-dealkylation sites (tertiary alicyclic amines) is 3. The Labute approximate surface area is 334 Å². The molecule has 3 fully saturated rings. The maximum absolute atomic E-state index is 11.5. The Morgan fingerprint density at radius 2 is 1.18 bits per heavy atom. The van der Waals surface area contributed by atoms with Gasteiger partial charge in [-0.25, -0.2) is 15.1 Å². The number of thiol groups is 1. The lowest BCUT2D eigenvalue weighted by Gasteiger charge is -2.30. The Kier molecular flexibility index (Phi) is 29.3. The second kappa shape index (κ2) is 31.8. The Hall–Kier alpha value is -2.28. The van der Waals surface area contributed by atoms with Gasteiger partial charge >= 0.3 is 5.97 Å². The molecule has 1 unspecified atom stereocenters. The topological polar surface area (TPSA) is 172 Å². The summed E-state index contributed by atoms with van der Waals surface area (Å²) in [5, 5.41) is 5.40. The van der Waals surface area contributed by atoms with Crippen molar-refractivity contribution in [2.75, 3.05) is 107 Å². The first kappa shape index (κ1) is 50.7. The number of hydrogen-bond donors (Lipinski definition) is 3. The van der Waals surface area contributed by atoms with Crippen LogP contribution in [0.5, 0.6) is 0 Å². The molecular formula is C38H70N6O10S. The number of rotatable bonds is 19. The third-order valence-electron chi connectivity index (χ3n) is 9.81. The van der Waals surface area contributed by atoms with Crippen molar-refractivity contribution >= 4 is 36.7 Å². The van der Waals surface area contributed by atoms with Crippen molar-refractivity contribution in [2.45, 2.75) is 84.7 Å². The van der Waals surface area contributed by atoms with E-state index in [1.807, 2.05) is 18.7 Å². The van der Waals surface area contributed by atoms with Gasteiger partial charge in [0.2, 0.25) is 6.08 Å². The van der Waals surface area contributed by atoms with Crippen LogP contribution >= 0.6 is 12.8 Å². The molecule has 0 saturated carbocycles. The number of nitrogens with zero attached hydrogens (tertiary/aromatic N) is 4. The summed E-state index contributed by atoms with van der Waals surface area (Å²) >= 11 is 3.56. The highest BCUT2D eigenvalue weighted by Gasteiger charge is 2.30. The fourth-order valence-electron chi connectivity index (χ4n) is 6.33. The van der Waals surface area contributed by atoms with Gasteiger partial charge in [-0.2, -0.15) is 0 Å². The number of carbonyl (C=O) groups excluding carboxylic acids is 4. The summed E-state index contributed by atoms with van der Waals surface area (Å²) in [6.45, 7) is 17.4. The molecule has 4 aliphatic heterocycles. The first-order chi connectivity index (χ1) is 26.5. The average molecular weight is 803 g/mol. The normalized spacial score (nSPS) is 19.5. The Morgan fingerprint density at radius 3 is 1.58 bits per heavy atom. The van der Waals surface area contributed by atoms with E-state index in [-0.39, 0.29) is 30.5 Å². The summed E-state index contributed by atoms with van der Waals surface area (Å²) in [5.41, 5.74) is 0. The predicted molar refractivity (Wildman–Crippen MR) is 212 cm³/mol. The number of nitrogens with one attached hydrogen (secondary N) is 2. The molecule has 55 heavy (non-hydrogen) atoms. The summed E-state index contributed by atoms with van der Waals surface area (Å²) in [5.74, 6) is 0.989. The van der Waals surface area contributed by atoms with Gasteiger partial charge < -0.3 is 43.2 Å². The number of piperidine rings is 3. The molecule has 0 aromatic rings. The van der Waals surface area contributed by atoms with Gasteiger partial charge in [-0.1, -0.05) is 17.7 Å². The van der Waals surface area contributed by atoms with Crippen LogP contribution in [-0.2, 0) is 47.7 Å². The van der Waals surface area contributed by atoms with E-state index in [9.17, 15) is 14.4 Å². The number of carbonyl (C=O) groups is 3. The molecule has 4 rings (SSSR count). The van der Waals surface area contributed by atoms with Crippen molar-refractivity contribution in [3.8, 4) is 0 Å². The molecule has 0 aliphatic carbocycles. The number of ether oxygens (including phenoxy) is 5. The molecule has 1 atom stereocenters. The molecule has 2 amide bonds.